The highest BCUT2D eigenvalue weighted by Gasteiger charge is 2.26. The summed E-state index contributed by atoms with van der Waals surface area (Å²) in [5.41, 5.74) is 0.690. The minimum atomic E-state index is -0.0191. The Bertz CT molecular complexity index is 666. The number of amides is 1. The molecule has 1 aromatic heterocycles. The van der Waals surface area contributed by atoms with Crippen LogP contribution in [0.3, 0.4) is 0 Å². The van der Waals surface area contributed by atoms with Gasteiger partial charge in [0.15, 0.2) is 0 Å². The first kappa shape index (κ1) is 17.6. The van der Waals surface area contributed by atoms with Crippen LogP contribution < -0.4 is 5.32 Å². The molecule has 3 rings (SSSR count). The van der Waals surface area contributed by atoms with E-state index in [4.69, 9.17) is 0 Å². The van der Waals surface area contributed by atoms with E-state index in [2.05, 4.69) is 50.6 Å². The second kappa shape index (κ2) is 8.28. The summed E-state index contributed by atoms with van der Waals surface area (Å²) < 4.78 is 0.835. The van der Waals surface area contributed by atoms with E-state index in [0.29, 0.717) is 12.1 Å². The number of rotatable bonds is 5. The van der Waals surface area contributed by atoms with Gasteiger partial charge in [-0.2, -0.15) is 0 Å². The molecule has 1 aliphatic heterocycles. The third-order valence-corrected chi connectivity index (χ3v) is 6.37. The Morgan fingerprint density at radius 3 is 2.71 bits per heavy atom. The number of carbonyl (C=O) groups is 1. The number of benzene rings is 1. The Balaban J connectivity index is 1.68. The van der Waals surface area contributed by atoms with Gasteiger partial charge in [-0.15, -0.1) is 11.3 Å². The van der Waals surface area contributed by atoms with Crippen molar-refractivity contribution in [3.63, 3.8) is 0 Å². The van der Waals surface area contributed by atoms with Gasteiger partial charge in [0, 0.05) is 15.9 Å². The molecule has 0 spiro atoms. The molecule has 2 heterocycles. The average Bonchev–Trinajstić information content (AvgIpc) is 3.11. The highest BCUT2D eigenvalue weighted by molar-refractivity contribution is 9.10. The lowest BCUT2D eigenvalue weighted by atomic mass is 9.97. The average molecular weight is 407 g/mol. The molecule has 128 valence electrons. The van der Waals surface area contributed by atoms with Gasteiger partial charge in [-0.1, -0.05) is 25.1 Å². The first-order chi connectivity index (χ1) is 11.6. The largest absolute Gasteiger partial charge is 0.350 e. The van der Waals surface area contributed by atoms with Crippen LogP contribution in [0.2, 0.25) is 0 Å². The normalized spacial score (nSPS) is 17.6. The predicted octanol–water partition coefficient (Wildman–Crippen LogP) is 4.71. The fraction of sp³-hybridized carbons (Fsp3) is 0.421. The summed E-state index contributed by atoms with van der Waals surface area (Å²) in [5, 5.41) is 5.25. The molecule has 2 aromatic rings. The van der Waals surface area contributed by atoms with Crippen molar-refractivity contribution < 1.29 is 4.79 Å². The highest BCUT2D eigenvalue weighted by Crippen LogP contribution is 2.29. The first-order valence-corrected chi connectivity index (χ1v) is 10.1. The lowest BCUT2D eigenvalue weighted by Crippen LogP contribution is -2.41. The van der Waals surface area contributed by atoms with Crippen molar-refractivity contribution in [2.45, 2.75) is 25.8 Å². The van der Waals surface area contributed by atoms with E-state index in [9.17, 15) is 4.79 Å². The number of carbonyl (C=O) groups excluding carboxylic acids is 1. The summed E-state index contributed by atoms with van der Waals surface area (Å²) in [6.45, 7) is 5.19. The smallest absolute Gasteiger partial charge is 0.252 e. The zero-order valence-corrected chi connectivity index (χ0v) is 16.3. The van der Waals surface area contributed by atoms with Gasteiger partial charge in [0.1, 0.15) is 0 Å². The first-order valence-electron chi connectivity index (χ1n) is 8.45. The van der Waals surface area contributed by atoms with E-state index in [1.807, 2.05) is 24.3 Å². The molecule has 0 radical (unpaired) electrons. The van der Waals surface area contributed by atoms with Crippen LogP contribution in [0.1, 0.15) is 41.0 Å². The SMILES string of the molecule is CC1CCN([C@@H](CNC(=O)c2ccccc2Br)c2cccs2)CC1. The van der Waals surface area contributed by atoms with E-state index >= 15 is 0 Å². The van der Waals surface area contributed by atoms with Gasteiger partial charge in [0.05, 0.1) is 11.6 Å². The quantitative estimate of drug-likeness (QED) is 0.779. The number of nitrogens with one attached hydrogen (secondary N) is 1. The fourth-order valence-corrected chi connectivity index (χ4v) is 4.49. The van der Waals surface area contributed by atoms with E-state index in [1.165, 1.54) is 17.7 Å². The second-order valence-electron chi connectivity index (χ2n) is 6.44. The fourth-order valence-electron chi connectivity index (χ4n) is 3.16. The number of hydrogen-bond acceptors (Lipinski definition) is 3. The summed E-state index contributed by atoms with van der Waals surface area (Å²) in [6, 6.07) is 12.1. The number of likely N-dealkylation sites (tertiary alicyclic amines) is 1. The second-order valence-corrected chi connectivity index (χ2v) is 8.27. The van der Waals surface area contributed by atoms with Crippen LogP contribution in [0.25, 0.3) is 0 Å². The van der Waals surface area contributed by atoms with Gasteiger partial charge in [-0.3, -0.25) is 9.69 Å². The molecule has 0 aliphatic carbocycles. The maximum Gasteiger partial charge on any atom is 0.252 e. The molecule has 0 saturated carbocycles. The third-order valence-electron chi connectivity index (χ3n) is 4.71. The van der Waals surface area contributed by atoms with Crippen LogP contribution in [0.5, 0.6) is 0 Å². The molecule has 1 aliphatic rings. The molecule has 1 atom stereocenters. The van der Waals surface area contributed by atoms with Gasteiger partial charge in [0.2, 0.25) is 0 Å². The van der Waals surface area contributed by atoms with E-state index in [-0.39, 0.29) is 11.9 Å². The van der Waals surface area contributed by atoms with Crippen molar-refractivity contribution >= 4 is 33.2 Å². The molecule has 1 fully saturated rings. The number of hydrogen-bond donors (Lipinski definition) is 1. The Labute approximate surface area is 156 Å². The van der Waals surface area contributed by atoms with Gasteiger partial charge < -0.3 is 5.32 Å². The lowest BCUT2D eigenvalue weighted by molar-refractivity contribution is 0.0914. The monoisotopic (exact) mass is 406 g/mol. The third kappa shape index (κ3) is 4.26. The summed E-state index contributed by atoms with van der Waals surface area (Å²) >= 11 is 5.23. The standard InChI is InChI=1S/C19H23BrN2OS/c1-14-8-10-22(11-9-14)17(18-7-4-12-24-18)13-21-19(23)15-5-2-3-6-16(15)20/h2-7,12,14,17H,8-11,13H2,1H3,(H,21,23)/t17-/m0/s1. The Morgan fingerprint density at radius 1 is 1.29 bits per heavy atom. The predicted molar refractivity (Wildman–Crippen MR) is 104 cm³/mol. The van der Waals surface area contributed by atoms with Gasteiger partial charge >= 0.3 is 0 Å². The minimum absolute atomic E-state index is 0.0191. The van der Waals surface area contributed by atoms with Gasteiger partial charge in [-0.25, -0.2) is 0 Å². The van der Waals surface area contributed by atoms with Crippen molar-refractivity contribution in [1.29, 1.82) is 0 Å². The maximum absolute atomic E-state index is 12.5. The van der Waals surface area contributed by atoms with Crippen molar-refractivity contribution in [1.82, 2.24) is 10.2 Å². The topological polar surface area (TPSA) is 32.3 Å². The molecule has 1 aromatic carbocycles. The number of piperidine rings is 1. The molecule has 24 heavy (non-hydrogen) atoms. The van der Waals surface area contributed by atoms with Gasteiger partial charge in [-0.05, 0) is 71.4 Å². The van der Waals surface area contributed by atoms with Crippen LogP contribution in [-0.2, 0) is 0 Å². The molecule has 3 nitrogen and oxygen atoms in total. The number of thiophene rings is 1. The van der Waals surface area contributed by atoms with Crippen LogP contribution in [0, 0.1) is 5.92 Å². The van der Waals surface area contributed by atoms with Gasteiger partial charge in [0.25, 0.3) is 5.91 Å². The zero-order chi connectivity index (χ0) is 16.9. The Kier molecular flexibility index (Phi) is 6.09. The molecule has 5 heteroatoms. The van der Waals surface area contributed by atoms with Crippen LogP contribution in [0.4, 0.5) is 0 Å². The molecule has 1 saturated heterocycles. The highest BCUT2D eigenvalue weighted by atomic mass is 79.9. The Hall–Kier alpha value is -1.17. The van der Waals surface area contributed by atoms with Crippen molar-refractivity contribution in [2.75, 3.05) is 19.6 Å². The summed E-state index contributed by atoms with van der Waals surface area (Å²) in [6.07, 6.45) is 2.47. The maximum atomic E-state index is 12.5. The molecule has 1 amide bonds. The molecule has 0 unspecified atom stereocenters. The van der Waals surface area contributed by atoms with Crippen LogP contribution in [0.15, 0.2) is 46.3 Å². The molecular formula is C19H23BrN2OS. The number of nitrogens with zero attached hydrogens (tertiary/aromatic N) is 1. The number of halogens is 1. The van der Waals surface area contributed by atoms with E-state index in [0.717, 1.165) is 23.5 Å². The molecular weight excluding hydrogens is 384 g/mol. The lowest BCUT2D eigenvalue weighted by Gasteiger charge is -2.36. The molecule has 1 N–H and O–H groups in total. The van der Waals surface area contributed by atoms with Crippen LogP contribution >= 0.6 is 27.3 Å². The van der Waals surface area contributed by atoms with E-state index < -0.39 is 0 Å². The van der Waals surface area contributed by atoms with Crippen molar-refractivity contribution in [2.24, 2.45) is 5.92 Å². The van der Waals surface area contributed by atoms with E-state index in [1.54, 1.807) is 11.3 Å². The summed E-state index contributed by atoms with van der Waals surface area (Å²) in [5.74, 6) is 0.787. The molecule has 0 bridgehead atoms. The Morgan fingerprint density at radius 2 is 2.04 bits per heavy atom. The van der Waals surface area contributed by atoms with Crippen LogP contribution in [-0.4, -0.2) is 30.4 Å². The minimum Gasteiger partial charge on any atom is -0.350 e. The zero-order valence-electron chi connectivity index (χ0n) is 13.9. The summed E-state index contributed by atoms with van der Waals surface area (Å²) in [4.78, 5) is 16.4. The van der Waals surface area contributed by atoms with Crippen molar-refractivity contribution in [3.8, 4) is 0 Å². The summed E-state index contributed by atoms with van der Waals surface area (Å²) in [7, 11) is 0. The van der Waals surface area contributed by atoms with Crippen molar-refractivity contribution in [3.05, 3.63) is 56.7 Å².